The van der Waals surface area contributed by atoms with Gasteiger partial charge in [0.2, 0.25) is 0 Å². The molecule has 7 nitrogen and oxygen atoms in total. The topological polar surface area (TPSA) is 84.7 Å². The zero-order chi connectivity index (χ0) is 20.1. The van der Waals surface area contributed by atoms with Gasteiger partial charge in [0.15, 0.2) is 0 Å². The second-order valence-electron chi connectivity index (χ2n) is 5.55. The molecule has 0 radical (unpaired) electrons. The molecule has 1 atom stereocenters. The van der Waals surface area contributed by atoms with Crippen molar-refractivity contribution < 1.29 is 27.6 Å². The average Bonchev–Trinajstić information content (AvgIpc) is 2.61. The molecule has 0 bridgehead atoms. The maximum absolute atomic E-state index is 13.9. The standard InChI is InChI=1S/C17H16F3N3O4/c1-10(12-5-3-4-6-13(12)18)22(2)17(24)21-14-9-11(23(25)26)7-8-15(14)27-16(19)20/h3-10,16H,1-2H3,(H,21,24). The summed E-state index contributed by atoms with van der Waals surface area (Å²) in [6, 6.07) is 7.21. The normalized spacial score (nSPS) is 11.8. The summed E-state index contributed by atoms with van der Waals surface area (Å²) in [5.41, 5.74) is -0.475. The fourth-order valence-corrected chi connectivity index (χ4v) is 2.33. The van der Waals surface area contributed by atoms with Crippen LogP contribution in [0.15, 0.2) is 42.5 Å². The number of alkyl halides is 2. The van der Waals surface area contributed by atoms with Crippen molar-refractivity contribution in [3.63, 3.8) is 0 Å². The first kappa shape index (κ1) is 20.0. The van der Waals surface area contributed by atoms with Gasteiger partial charge in [0.1, 0.15) is 11.6 Å². The van der Waals surface area contributed by atoms with Crippen LogP contribution >= 0.6 is 0 Å². The van der Waals surface area contributed by atoms with Gasteiger partial charge in [-0.3, -0.25) is 10.1 Å². The molecule has 10 heteroatoms. The number of halogens is 3. The molecule has 0 heterocycles. The smallest absolute Gasteiger partial charge is 0.387 e. The number of carbonyl (C=O) groups excluding carboxylic acids is 1. The van der Waals surface area contributed by atoms with Crippen molar-refractivity contribution in [2.24, 2.45) is 0 Å². The number of rotatable bonds is 6. The Morgan fingerprint density at radius 3 is 2.52 bits per heavy atom. The zero-order valence-electron chi connectivity index (χ0n) is 14.4. The van der Waals surface area contributed by atoms with Crippen LogP contribution in [0.25, 0.3) is 0 Å². The Balaban J connectivity index is 2.26. The van der Waals surface area contributed by atoms with E-state index in [0.717, 1.165) is 23.1 Å². The van der Waals surface area contributed by atoms with Gasteiger partial charge in [-0.1, -0.05) is 18.2 Å². The van der Waals surface area contributed by atoms with Crippen LogP contribution in [0.2, 0.25) is 0 Å². The fourth-order valence-electron chi connectivity index (χ4n) is 2.33. The number of benzene rings is 2. The average molecular weight is 383 g/mol. The minimum absolute atomic E-state index is 0.248. The monoisotopic (exact) mass is 383 g/mol. The first-order valence-corrected chi connectivity index (χ1v) is 7.72. The number of ether oxygens (including phenoxy) is 1. The lowest BCUT2D eigenvalue weighted by Crippen LogP contribution is -2.34. The number of anilines is 1. The molecule has 0 fully saturated rings. The molecule has 1 unspecified atom stereocenters. The van der Waals surface area contributed by atoms with Crippen LogP contribution in [0.5, 0.6) is 5.75 Å². The van der Waals surface area contributed by atoms with E-state index >= 15 is 0 Å². The minimum atomic E-state index is -3.18. The molecule has 0 aromatic heterocycles. The van der Waals surface area contributed by atoms with Crippen molar-refractivity contribution in [2.45, 2.75) is 19.6 Å². The van der Waals surface area contributed by atoms with Gasteiger partial charge in [0, 0.05) is 24.7 Å². The van der Waals surface area contributed by atoms with Crippen molar-refractivity contribution in [1.29, 1.82) is 0 Å². The van der Waals surface area contributed by atoms with E-state index in [1.54, 1.807) is 13.0 Å². The van der Waals surface area contributed by atoms with E-state index in [2.05, 4.69) is 10.1 Å². The summed E-state index contributed by atoms with van der Waals surface area (Å²) >= 11 is 0. The van der Waals surface area contributed by atoms with Crippen molar-refractivity contribution in [3.8, 4) is 5.75 Å². The number of nitrogens with zero attached hydrogens (tertiary/aromatic N) is 2. The van der Waals surface area contributed by atoms with E-state index in [9.17, 15) is 28.1 Å². The molecule has 2 aromatic carbocycles. The summed E-state index contributed by atoms with van der Waals surface area (Å²) in [5.74, 6) is -0.947. The lowest BCUT2D eigenvalue weighted by Gasteiger charge is -2.26. The van der Waals surface area contributed by atoms with E-state index in [1.165, 1.54) is 25.2 Å². The van der Waals surface area contributed by atoms with Crippen molar-refractivity contribution in [2.75, 3.05) is 12.4 Å². The predicted octanol–water partition coefficient (Wildman–Crippen LogP) is 4.56. The number of amides is 2. The van der Waals surface area contributed by atoms with Crippen LogP contribution in [0.3, 0.4) is 0 Å². The molecule has 144 valence electrons. The molecule has 0 spiro atoms. The summed E-state index contributed by atoms with van der Waals surface area (Å²) in [5, 5.41) is 13.2. The Morgan fingerprint density at radius 2 is 1.93 bits per heavy atom. The van der Waals surface area contributed by atoms with Gasteiger partial charge in [0.05, 0.1) is 16.7 Å². The molecule has 0 aliphatic rings. The second-order valence-corrected chi connectivity index (χ2v) is 5.55. The summed E-state index contributed by atoms with van der Waals surface area (Å²) < 4.78 is 43.2. The Bertz CT molecular complexity index is 848. The van der Waals surface area contributed by atoms with E-state index in [4.69, 9.17) is 0 Å². The lowest BCUT2D eigenvalue weighted by molar-refractivity contribution is -0.384. The quantitative estimate of drug-likeness (QED) is 0.585. The molecule has 27 heavy (non-hydrogen) atoms. The predicted molar refractivity (Wildman–Crippen MR) is 91.3 cm³/mol. The molecule has 1 N–H and O–H groups in total. The van der Waals surface area contributed by atoms with Gasteiger partial charge in [0.25, 0.3) is 5.69 Å². The molecule has 0 saturated heterocycles. The van der Waals surface area contributed by atoms with Crippen molar-refractivity contribution >= 4 is 17.4 Å². The molecule has 2 aromatic rings. The minimum Gasteiger partial charge on any atom is -0.433 e. The van der Waals surface area contributed by atoms with Gasteiger partial charge >= 0.3 is 12.6 Å². The first-order chi connectivity index (χ1) is 12.7. The molecule has 0 aliphatic carbocycles. The van der Waals surface area contributed by atoms with Crippen molar-refractivity contribution in [3.05, 3.63) is 64.0 Å². The van der Waals surface area contributed by atoms with Crippen molar-refractivity contribution in [1.82, 2.24) is 4.90 Å². The third-order valence-electron chi connectivity index (χ3n) is 3.89. The molecular formula is C17H16F3N3O4. The van der Waals surface area contributed by atoms with Crippen LogP contribution in [0.4, 0.5) is 29.3 Å². The molecular weight excluding hydrogens is 367 g/mol. The number of carbonyl (C=O) groups is 1. The van der Waals surface area contributed by atoms with E-state index in [-0.39, 0.29) is 11.3 Å². The molecule has 2 amide bonds. The Morgan fingerprint density at radius 1 is 1.26 bits per heavy atom. The highest BCUT2D eigenvalue weighted by atomic mass is 19.3. The highest BCUT2D eigenvalue weighted by Gasteiger charge is 2.22. The van der Waals surface area contributed by atoms with Crippen LogP contribution < -0.4 is 10.1 Å². The summed E-state index contributed by atoms with van der Waals surface area (Å²) in [4.78, 5) is 23.7. The van der Waals surface area contributed by atoms with Crippen LogP contribution in [0.1, 0.15) is 18.5 Å². The van der Waals surface area contributed by atoms with Crippen LogP contribution in [0, 0.1) is 15.9 Å². The maximum atomic E-state index is 13.9. The number of hydrogen-bond donors (Lipinski definition) is 1. The van der Waals surface area contributed by atoms with E-state index in [0.29, 0.717) is 0 Å². The number of non-ortho nitro benzene ring substituents is 1. The van der Waals surface area contributed by atoms with E-state index in [1.807, 2.05) is 0 Å². The molecule has 0 aliphatic heterocycles. The van der Waals surface area contributed by atoms with E-state index < -0.39 is 40.9 Å². The van der Waals surface area contributed by atoms with Gasteiger partial charge in [-0.15, -0.1) is 0 Å². The van der Waals surface area contributed by atoms with Gasteiger partial charge in [-0.05, 0) is 19.1 Å². The second kappa shape index (κ2) is 8.39. The Kier molecular flexibility index (Phi) is 6.22. The Hall–Kier alpha value is -3.30. The van der Waals surface area contributed by atoms with Gasteiger partial charge in [-0.25, -0.2) is 9.18 Å². The third kappa shape index (κ3) is 4.87. The summed E-state index contributed by atoms with van der Waals surface area (Å²) in [6.45, 7) is -1.61. The summed E-state index contributed by atoms with van der Waals surface area (Å²) in [6.07, 6.45) is 0. The highest BCUT2D eigenvalue weighted by molar-refractivity contribution is 5.91. The molecule has 0 saturated carbocycles. The number of hydrogen-bond acceptors (Lipinski definition) is 4. The first-order valence-electron chi connectivity index (χ1n) is 7.72. The van der Waals surface area contributed by atoms with Gasteiger partial charge < -0.3 is 15.0 Å². The number of nitro groups is 1. The van der Waals surface area contributed by atoms with Crippen LogP contribution in [-0.2, 0) is 0 Å². The highest BCUT2D eigenvalue weighted by Crippen LogP contribution is 2.31. The fraction of sp³-hybridized carbons (Fsp3) is 0.235. The number of nitrogens with one attached hydrogen (secondary N) is 1. The summed E-state index contributed by atoms with van der Waals surface area (Å²) in [7, 11) is 1.37. The third-order valence-corrected chi connectivity index (χ3v) is 3.89. The SMILES string of the molecule is CC(c1ccccc1F)N(C)C(=O)Nc1cc([N+](=O)[O-])ccc1OC(F)F. The largest absolute Gasteiger partial charge is 0.433 e. The Labute approximate surface area is 152 Å². The number of urea groups is 1. The van der Waals surface area contributed by atoms with Crippen LogP contribution in [-0.4, -0.2) is 29.5 Å². The zero-order valence-corrected chi connectivity index (χ0v) is 14.4. The molecule has 2 rings (SSSR count). The lowest BCUT2D eigenvalue weighted by atomic mass is 10.1. The number of nitro benzene ring substituents is 1. The van der Waals surface area contributed by atoms with Gasteiger partial charge in [-0.2, -0.15) is 8.78 Å². The maximum Gasteiger partial charge on any atom is 0.387 e.